The van der Waals surface area contributed by atoms with Crippen LogP contribution in [0.3, 0.4) is 0 Å². The zero-order valence-corrected chi connectivity index (χ0v) is 16.6. The lowest BCUT2D eigenvalue weighted by molar-refractivity contribution is -0.137. The van der Waals surface area contributed by atoms with Crippen LogP contribution in [0, 0.1) is 17.8 Å². The molecule has 0 atom stereocenters. The van der Waals surface area contributed by atoms with Crippen LogP contribution in [0.25, 0.3) is 0 Å². The number of anilines is 2. The van der Waals surface area contributed by atoms with E-state index in [2.05, 4.69) is 10.6 Å². The number of hydrogen-bond donors (Lipinski definition) is 2. The van der Waals surface area contributed by atoms with E-state index in [1.807, 2.05) is 0 Å². The molecule has 2 N–H and O–H groups in total. The predicted octanol–water partition coefficient (Wildman–Crippen LogP) is 6.15. The molecular weight excluding hydrogens is 389 g/mol. The summed E-state index contributed by atoms with van der Waals surface area (Å²) in [5.41, 5.74) is 0.447. The van der Waals surface area contributed by atoms with Gasteiger partial charge in [-0.2, -0.15) is 13.2 Å². The molecule has 1 amide bonds. The van der Waals surface area contributed by atoms with Crippen LogP contribution in [-0.4, -0.2) is 11.4 Å². The molecule has 6 heteroatoms. The maximum Gasteiger partial charge on any atom is 0.416 e. The lowest BCUT2D eigenvalue weighted by Gasteiger charge is -2.56. The number of nitrogens with one attached hydrogen (secondary N) is 2. The summed E-state index contributed by atoms with van der Waals surface area (Å²) in [7, 11) is 0. The SMILES string of the molecule is O=C(NC12CC3CC(CC(C3)C1)C2)c1ccccc1Nc1cccc(C(F)(F)F)c1. The van der Waals surface area contributed by atoms with Crippen LogP contribution in [0.5, 0.6) is 0 Å². The smallest absolute Gasteiger partial charge is 0.355 e. The fraction of sp³-hybridized carbons (Fsp3) is 0.458. The van der Waals surface area contributed by atoms with Gasteiger partial charge in [-0.05, 0) is 86.6 Å². The zero-order valence-electron chi connectivity index (χ0n) is 16.6. The minimum Gasteiger partial charge on any atom is -0.355 e. The Morgan fingerprint density at radius 1 is 0.900 bits per heavy atom. The van der Waals surface area contributed by atoms with Crippen molar-refractivity contribution in [3.8, 4) is 0 Å². The molecule has 0 aromatic heterocycles. The molecule has 30 heavy (non-hydrogen) atoms. The molecular formula is C24H25F3N2O. The number of para-hydroxylation sites is 1. The highest BCUT2D eigenvalue weighted by atomic mass is 19.4. The van der Waals surface area contributed by atoms with E-state index in [4.69, 9.17) is 0 Å². The summed E-state index contributed by atoms with van der Waals surface area (Å²) in [6.45, 7) is 0. The fourth-order valence-electron chi connectivity index (χ4n) is 6.29. The third-order valence-electron chi connectivity index (χ3n) is 7.06. The maximum absolute atomic E-state index is 13.2. The monoisotopic (exact) mass is 414 g/mol. The highest BCUT2D eigenvalue weighted by Crippen LogP contribution is 2.55. The topological polar surface area (TPSA) is 41.1 Å². The van der Waals surface area contributed by atoms with Gasteiger partial charge >= 0.3 is 6.18 Å². The molecule has 0 aliphatic heterocycles. The summed E-state index contributed by atoms with van der Waals surface area (Å²) in [6.07, 6.45) is 2.62. The van der Waals surface area contributed by atoms with E-state index in [9.17, 15) is 18.0 Å². The minimum atomic E-state index is -4.41. The lowest BCUT2D eigenvalue weighted by Crippen LogP contribution is -2.59. The minimum absolute atomic E-state index is 0.116. The quantitative estimate of drug-likeness (QED) is 0.630. The van der Waals surface area contributed by atoms with Gasteiger partial charge in [0.25, 0.3) is 5.91 Å². The van der Waals surface area contributed by atoms with Crippen molar-refractivity contribution in [3.63, 3.8) is 0 Å². The van der Waals surface area contributed by atoms with E-state index in [0.29, 0.717) is 16.9 Å². The first-order valence-corrected chi connectivity index (χ1v) is 10.7. The molecule has 0 saturated heterocycles. The molecule has 4 aliphatic carbocycles. The number of hydrogen-bond acceptors (Lipinski definition) is 2. The van der Waals surface area contributed by atoms with Gasteiger partial charge in [-0.3, -0.25) is 4.79 Å². The molecule has 4 aliphatic rings. The molecule has 0 unspecified atom stereocenters. The van der Waals surface area contributed by atoms with Crippen molar-refractivity contribution in [1.29, 1.82) is 0 Å². The number of benzene rings is 2. The van der Waals surface area contributed by atoms with Gasteiger partial charge in [0.2, 0.25) is 0 Å². The molecule has 4 bridgehead atoms. The third-order valence-corrected chi connectivity index (χ3v) is 7.06. The summed E-state index contributed by atoms with van der Waals surface area (Å²) in [5, 5.41) is 6.36. The molecule has 0 spiro atoms. The summed E-state index contributed by atoms with van der Waals surface area (Å²) in [5.74, 6) is 2.01. The molecule has 6 rings (SSSR count). The van der Waals surface area contributed by atoms with Crippen molar-refractivity contribution in [1.82, 2.24) is 5.32 Å². The Morgan fingerprint density at radius 3 is 2.17 bits per heavy atom. The van der Waals surface area contributed by atoms with Gasteiger partial charge < -0.3 is 10.6 Å². The Hall–Kier alpha value is -2.50. The van der Waals surface area contributed by atoms with Crippen molar-refractivity contribution in [2.75, 3.05) is 5.32 Å². The van der Waals surface area contributed by atoms with Crippen molar-refractivity contribution in [2.45, 2.75) is 50.2 Å². The molecule has 4 saturated carbocycles. The second-order valence-electron chi connectivity index (χ2n) is 9.40. The number of carbonyl (C=O) groups is 1. The normalized spacial score (nSPS) is 29.6. The van der Waals surface area contributed by atoms with Crippen molar-refractivity contribution in [3.05, 3.63) is 59.7 Å². The van der Waals surface area contributed by atoms with Crippen LogP contribution >= 0.6 is 0 Å². The summed E-state index contributed by atoms with van der Waals surface area (Å²) >= 11 is 0. The van der Waals surface area contributed by atoms with Crippen molar-refractivity contribution < 1.29 is 18.0 Å². The van der Waals surface area contributed by atoms with Crippen LogP contribution in [0.1, 0.15) is 54.4 Å². The Balaban J connectivity index is 1.37. The van der Waals surface area contributed by atoms with Crippen molar-refractivity contribution >= 4 is 17.3 Å². The summed E-state index contributed by atoms with van der Waals surface area (Å²) in [4.78, 5) is 13.2. The predicted molar refractivity (Wildman–Crippen MR) is 110 cm³/mol. The van der Waals surface area contributed by atoms with E-state index < -0.39 is 11.7 Å². The van der Waals surface area contributed by atoms with E-state index >= 15 is 0 Å². The molecule has 0 heterocycles. The number of halogens is 3. The second-order valence-corrected chi connectivity index (χ2v) is 9.40. The molecule has 158 valence electrons. The average molecular weight is 414 g/mol. The van der Waals surface area contributed by atoms with Crippen LogP contribution in [0.2, 0.25) is 0 Å². The third kappa shape index (κ3) is 3.68. The van der Waals surface area contributed by atoms with Gasteiger partial charge in [0.05, 0.1) is 16.8 Å². The average Bonchev–Trinajstić information content (AvgIpc) is 2.66. The van der Waals surface area contributed by atoms with E-state index in [-0.39, 0.29) is 11.4 Å². The van der Waals surface area contributed by atoms with Gasteiger partial charge in [0.1, 0.15) is 0 Å². The van der Waals surface area contributed by atoms with Gasteiger partial charge in [0.15, 0.2) is 0 Å². The first-order chi connectivity index (χ1) is 14.3. The Bertz CT molecular complexity index is 934. The highest BCUT2D eigenvalue weighted by Gasteiger charge is 2.51. The van der Waals surface area contributed by atoms with Gasteiger partial charge in [-0.15, -0.1) is 0 Å². The largest absolute Gasteiger partial charge is 0.416 e. The van der Waals surface area contributed by atoms with Crippen LogP contribution < -0.4 is 10.6 Å². The fourth-order valence-corrected chi connectivity index (χ4v) is 6.29. The summed E-state index contributed by atoms with van der Waals surface area (Å²) < 4.78 is 39.1. The maximum atomic E-state index is 13.2. The molecule has 2 aromatic rings. The molecule has 3 nitrogen and oxygen atoms in total. The highest BCUT2D eigenvalue weighted by molar-refractivity contribution is 6.00. The van der Waals surface area contributed by atoms with E-state index in [0.717, 1.165) is 49.1 Å². The van der Waals surface area contributed by atoms with E-state index in [1.54, 1.807) is 30.3 Å². The Labute approximate surface area is 174 Å². The van der Waals surface area contributed by atoms with Crippen LogP contribution in [0.4, 0.5) is 24.5 Å². The van der Waals surface area contributed by atoms with E-state index in [1.165, 1.54) is 25.3 Å². The standard InChI is InChI=1S/C24H25F3N2O/c25-24(26,27)18-4-3-5-19(11-18)28-21-7-2-1-6-20(21)22(30)29-23-12-15-8-16(13-23)10-17(9-15)14-23/h1-7,11,15-17,28H,8-10,12-14H2,(H,29,30). The van der Waals surface area contributed by atoms with Gasteiger partial charge in [-0.25, -0.2) is 0 Å². The van der Waals surface area contributed by atoms with Crippen LogP contribution in [-0.2, 0) is 6.18 Å². The molecule has 4 fully saturated rings. The summed E-state index contributed by atoms with van der Waals surface area (Å²) in [6, 6.07) is 12.1. The second kappa shape index (κ2) is 7.03. The first-order valence-electron chi connectivity index (χ1n) is 10.7. The van der Waals surface area contributed by atoms with Gasteiger partial charge in [0, 0.05) is 11.2 Å². The number of alkyl halides is 3. The molecule has 0 radical (unpaired) electrons. The zero-order chi connectivity index (χ0) is 20.9. The number of carbonyl (C=O) groups excluding carboxylic acids is 1. The number of rotatable bonds is 4. The van der Waals surface area contributed by atoms with Crippen molar-refractivity contribution in [2.24, 2.45) is 17.8 Å². The van der Waals surface area contributed by atoms with Gasteiger partial charge in [-0.1, -0.05) is 18.2 Å². The van der Waals surface area contributed by atoms with Crippen LogP contribution in [0.15, 0.2) is 48.5 Å². The number of amides is 1. The Kier molecular flexibility index (Phi) is 4.56. The Morgan fingerprint density at radius 2 is 1.53 bits per heavy atom. The molecule has 2 aromatic carbocycles. The lowest BCUT2D eigenvalue weighted by atomic mass is 9.53. The first kappa shape index (κ1) is 19.5.